The van der Waals surface area contributed by atoms with Crippen LogP contribution in [0.1, 0.15) is 19.4 Å². The summed E-state index contributed by atoms with van der Waals surface area (Å²) in [6.07, 6.45) is 0. The molecule has 1 amide bonds. The average molecular weight is 295 g/mol. The van der Waals surface area contributed by atoms with E-state index in [1.807, 2.05) is 43.0 Å². The summed E-state index contributed by atoms with van der Waals surface area (Å²) in [7, 11) is 0. The fourth-order valence-electron chi connectivity index (χ4n) is 2.40. The summed E-state index contributed by atoms with van der Waals surface area (Å²) in [5.74, 6) is 0.0178. The highest BCUT2D eigenvalue weighted by Gasteiger charge is 2.26. The van der Waals surface area contributed by atoms with Gasteiger partial charge in [0.1, 0.15) is 0 Å². The van der Waals surface area contributed by atoms with Gasteiger partial charge in [-0.25, -0.2) is 0 Å². The van der Waals surface area contributed by atoms with E-state index in [0.717, 1.165) is 17.0 Å². The molecule has 0 saturated heterocycles. The lowest BCUT2D eigenvalue weighted by molar-refractivity contribution is -0.132. The molecule has 1 aliphatic heterocycles. The molecule has 1 aliphatic rings. The summed E-state index contributed by atoms with van der Waals surface area (Å²) in [6.45, 7) is 5.22. The SMILES string of the molecule is CC1=C(C)N(CCO)C(=O)CN1Cc1cccc(Cl)c1. The fraction of sp³-hybridized carbons (Fsp3) is 0.400. The molecule has 4 nitrogen and oxygen atoms in total. The first kappa shape index (κ1) is 14.9. The van der Waals surface area contributed by atoms with Crippen molar-refractivity contribution in [2.24, 2.45) is 0 Å². The summed E-state index contributed by atoms with van der Waals surface area (Å²) in [4.78, 5) is 15.8. The Morgan fingerprint density at radius 2 is 2.05 bits per heavy atom. The molecule has 20 heavy (non-hydrogen) atoms. The summed E-state index contributed by atoms with van der Waals surface area (Å²) in [6, 6.07) is 7.66. The van der Waals surface area contributed by atoms with Crippen LogP contribution in [0.2, 0.25) is 5.02 Å². The van der Waals surface area contributed by atoms with Crippen molar-refractivity contribution in [3.8, 4) is 0 Å². The van der Waals surface area contributed by atoms with Gasteiger partial charge in [0.25, 0.3) is 0 Å². The van der Waals surface area contributed by atoms with E-state index in [0.29, 0.717) is 24.7 Å². The topological polar surface area (TPSA) is 43.8 Å². The number of aliphatic hydroxyl groups is 1. The van der Waals surface area contributed by atoms with Crippen molar-refractivity contribution in [2.75, 3.05) is 19.7 Å². The number of carbonyl (C=O) groups is 1. The summed E-state index contributed by atoms with van der Waals surface area (Å²) in [5, 5.41) is 9.73. The molecule has 0 radical (unpaired) electrons. The second kappa shape index (κ2) is 6.29. The molecule has 108 valence electrons. The fourth-order valence-corrected chi connectivity index (χ4v) is 2.61. The van der Waals surface area contributed by atoms with Crippen molar-refractivity contribution in [1.29, 1.82) is 0 Å². The molecule has 0 aliphatic carbocycles. The van der Waals surface area contributed by atoms with E-state index in [2.05, 4.69) is 0 Å². The first-order valence-electron chi connectivity index (χ1n) is 6.61. The number of rotatable bonds is 4. The zero-order chi connectivity index (χ0) is 14.7. The van der Waals surface area contributed by atoms with E-state index in [1.54, 1.807) is 4.90 Å². The van der Waals surface area contributed by atoms with Crippen LogP contribution >= 0.6 is 11.6 Å². The standard InChI is InChI=1S/C15H19ClN2O2/c1-11-12(2)18(6-7-19)15(20)10-17(11)9-13-4-3-5-14(16)8-13/h3-5,8,19H,6-7,9-10H2,1-2H3. The lowest BCUT2D eigenvalue weighted by Gasteiger charge is -2.37. The second-order valence-electron chi connectivity index (χ2n) is 4.93. The minimum atomic E-state index is -0.0232. The zero-order valence-corrected chi connectivity index (χ0v) is 12.5. The number of aliphatic hydroxyl groups excluding tert-OH is 1. The number of allylic oxidation sites excluding steroid dienone is 2. The lowest BCUT2D eigenvalue weighted by Crippen LogP contribution is -2.45. The van der Waals surface area contributed by atoms with Crippen LogP contribution in [0.25, 0.3) is 0 Å². The van der Waals surface area contributed by atoms with Gasteiger partial charge in [0.2, 0.25) is 5.91 Å². The Balaban J connectivity index is 2.19. The monoisotopic (exact) mass is 294 g/mol. The molecule has 0 unspecified atom stereocenters. The van der Waals surface area contributed by atoms with Gasteiger partial charge in [-0.05, 0) is 31.5 Å². The van der Waals surface area contributed by atoms with Crippen molar-refractivity contribution in [1.82, 2.24) is 9.80 Å². The predicted molar refractivity (Wildman–Crippen MR) is 79.0 cm³/mol. The molecule has 0 aromatic heterocycles. The Hall–Kier alpha value is -1.52. The number of halogens is 1. The maximum absolute atomic E-state index is 12.1. The number of hydrogen-bond donors (Lipinski definition) is 1. The van der Waals surface area contributed by atoms with Crippen LogP contribution < -0.4 is 0 Å². The number of hydrogen-bond acceptors (Lipinski definition) is 3. The van der Waals surface area contributed by atoms with Crippen LogP contribution in [0.3, 0.4) is 0 Å². The molecule has 0 atom stereocenters. The van der Waals surface area contributed by atoms with Crippen molar-refractivity contribution in [2.45, 2.75) is 20.4 Å². The number of carbonyl (C=O) groups excluding carboxylic acids is 1. The predicted octanol–water partition coefficient (Wildman–Crippen LogP) is 2.23. The van der Waals surface area contributed by atoms with Gasteiger partial charge in [-0.3, -0.25) is 4.79 Å². The Morgan fingerprint density at radius 1 is 1.30 bits per heavy atom. The summed E-state index contributed by atoms with van der Waals surface area (Å²) < 4.78 is 0. The van der Waals surface area contributed by atoms with E-state index < -0.39 is 0 Å². The number of β-amino-alcohol motifs (C(OH)–C–C–N with tert-alkyl or cyclic N) is 1. The largest absolute Gasteiger partial charge is 0.395 e. The van der Waals surface area contributed by atoms with Crippen molar-refractivity contribution < 1.29 is 9.90 Å². The molecule has 5 heteroatoms. The number of amides is 1. The number of nitrogens with zero attached hydrogens (tertiary/aromatic N) is 2. The molecule has 1 heterocycles. The molecule has 2 rings (SSSR count). The maximum Gasteiger partial charge on any atom is 0.246 e. The van der Waals surface area contributed by atoms with Gasteiger partial charge < -0.3 is 14.9 Å². The molecular weight excluding hydrogens is 276 g/mol. The molecular formula is C15H19ClN2O2. The van der Waals surface area contributed by atoms with Gasteiger partial charge in [0, 0.05) is 29.5 Å². The van der Waals surface area contributed by atoms with Crippen LogP contribution in [-0.2, 0) is 11.3 Å². The maximum atomic E-state index is 12.1. The smallest absolute Gasteiger partial charge is 0.246 e. The normalized spacial score (nSPS) is 16.1. The van der Waals surface area contributed by atoms with Crippen molar-refractivity contribution >= 4 is 17.5 Å². The highest BCUT2D eigenvalue weighted by atomic mass is 35.5. The van der Waals surface area contributed by atoms with Gasteiger partial charge in [-0.15, -0.1) is 0 Å². The van der Waals surface area contributed by atoms with E-state index in [9.17, 15) is 4.79 Å². The van der Waals surface area contributed by atoms with Crippen LogP contribution in [0.15, 0.2) is 35.7 Å². The molecule has 0 fully saturated rings. The number of benzene rings is 1. The third-order valence-electron chi connectivity index (χ3n) is 3.62. The van der Waals surface area contributed by atoms with Gasteiger partial charge >= 0.3 is 0 Å². The van der Waals surface area contributed by atoms with Gasteiger partial charge in [0.15, 0.2) is 0 Å². The first-order valence-corrected chi connectivity index (χ1v) is 6.99. The van der Waals surface area contributed by atoms with Crippen molar-refractivity contribution in [3.05, 3.63) is 46.2 Å². The first-order chi connectivity index (χ1) is 9.52. The highest BCUT2D eigenvalue weighted by molar-refractivity contribution is 6.30. The molecule has 0 saturated carbocycles. The average Bonchev–Trinajstić information content (AvgIpc) is 2.41. The van der Waals surface area contributed by atoms with Crippen LogP contribution in [0, 0.1) is 0 Å². The molecule has 0 spiro atoms. The third-order valence-corrected chi connectivity index (χ3v) is 3.85. The Kier molecular flexibility index (Phi) is 4.68. The summed E-state index contributed by atoms with van der Waals surface area (Å²) in [5.41, 5.74) is 3.03. The third kappa shape index (κ3) is 3.14. The second-order valence-corrected chi connectivity index (χ2v) is 5.36. The highest BCUT2D eigenvalue weighted by Crippen LogP contribution is 2.23. The van der Waals surface area contributed by atoms with Gasteiger partial charge in [0.05, 0.1) is 13.2 Å². The molecule has 1 aromatic carbocycles. The van der Waals surface area contributed by atoms with Crippen LogP contribution in [0.5, 0.6) is 0 Å². The van der Waals surface area contributed by atoms with Crippen LogP contribution in [-0.4, -0.2) is 40.5 Å². The molecule has 1 N–H and O–H groups in total. The molecule has 0 bridgehead atoms. The van der Waals surface area contributed by atoms with E-state index >= 15 is 0 Å². The van der Waals surface area contributed by atoms with E-state index in [-0.39, 0.29) is 12.5 Å². The Morgan fingerprint density at radius 3 is 2.70 bits per heavy atom. The Bertz CT molecular complexity index is 542. The van der Waals surface area contributed by atoms with Gasteiger partial charge in [-0.2, -0.15) is 0 Å². The lowest BCUT2D eigenvalue weighted by atomic mass is 10.1. The Labute approximate surface area is 124 Å². The van der Waals surface area contributed by atoms with E-state index in [1.165, 1.54) is 0 Å². The van der Waals surface area contributed by atoms with Gasteiger partial charge in [-0.1, -0.05) is 23.7 Å². The minimum Gasteiger partial charge on any atom is -0.395 e. The van der Waals surface area contributed by atoms with Crippen molar-refractivity contribution in [3.63, 3.8) is 0 Å². The molecule has 1 aromatic rings. The van der Waals surface area contributed by atoms with E-state index in [4.69, 9.17) is 16.7 Å². The summed E-state index contributed by atoms with van der Waals surface area (Å²) >= 11 is 5.99. The zero-order valence-electron chi connectivity index (χ0n) is 11.8. The minimum absolute atomic E-state index is 0.0178. The quantitative estimate of drug-likeness (QED) is 0.926. The van der Waals surface area contributed by atoms with Crippen LogP contribution in [0.4, 0.5) is 0 Å².